The molecule has 12 heavy (non-hydrogen) atoms. The van der Waals surface area contributed by atoms with Crippen molar-refractivity contribution < 1.29 is 0 Å². The minimum Gasteiger partial charge on any atom is -0.298 e. The van der Waals surface area contributed by atoms with Crippen molar-refractivity contribution in [3.63, 3.8) is 0 Å². The van der Waals surface area contributed by atoms with Crippen LogP contribution in [-0.2, 0) is 0 Å². The number of rotatable bonds is 3. The summed E-state index contributed by atoms with van der Waals surface area (Å²) in [6, 6.07) is 0. The van der Waals surface area contributed by atoms with Gasteiger partial charge >= 0.3 is 0 Å². The lowest BCUT2D eigenvalue weighted by Crippen LogP contribution is -2.14. The van der Waals surface area contributed by atoms with Crippen molar-refractivity contribution in [1.82, 2.24) is 4.90 Å². The molecule has 0 aromatic rings. The van der Waals surface area contributed by atoms with Gasteiger partial charge in [-0.15, -0.1) is 0 Å². The van der Waals surface area contributed by atoms with E-state index in [0.717, 1.165) is 13.1 Å². The second kappa shape index (κ2) is 4.07. The van der Waals surface area contributed by atoms with Crippen LogP contribution in [0.1, 0.15) is 0 Å². The van der Waals surface area contributed by atoms with Gasteiger partial charge in [-0.3, -0.25) is 4.90 Å². The number of allylic oxidation sites excluding steroid dienone is 2. The van der Waals surface area contributed by atoms with Gasteiger partial charge in [0.15, 0.2) is 0 Å². The molecule has 0 bridgehead atoms. The fourth-order valence-electron chi connectivity index (χ4n) is 1.38. The Bertz CT molecular complexity index is 246. The van der Waals surface area contributed by atoms with Crippen LogP contribution in [0.15, 0.2) is 48.6 Å². The highest BCUT2D eigenvalue weighted by Gasteiger charge is 2.13. The van der Waals surface area contributed by atoms with E-state index < -0.39 is 0 Å². The summed E-state index contributed by atoms with van der Waals surface area (Å²) >= 11 is 0. The van der Waals surface area contributed by atoms with Crippen molar-refractivity contribution in [2.24, 2.45) is 0 Å². The van der Waals surface area contributed by atoms with Gasteiger partial charge in [0.25, 0.3) is 0 Å². The smallest absolute Gasteiger partial charge is 0.0237 e. The molecule has 64 valence electrons. The Morgan fingerprint density at radius 3 is 2.50 bits per heavy atom. The maximum atomic E-state index is 3.79. The van der Waals surface area contributed by atoms with E-state index in [0.29, 0.717) is 0 Å². The van der Waals surface area contributed by atoms with E-state index in [2.05, 4.69) is 31.2 Å². The van der Waals surface area contributed by atoms with Crippen LogP contribution in [0.4, 0.5) is 0 Å². The molecule has 0 saturated carbocycles. The van der Waals surface area contributed by atoms with Gasteiger partial charge in [-0.2, -0.15) is 0 Å². The number of nitrogens with zero attached hydrogens (tertiary/aromatic N) is 1. The molecule has 0 saturated heterocycles. The van der Waals surface area contributed by atoms with Gasteiger partial charge in [0, 0.05) is 13.1 Å². The summed E-state index contributed by atoms with van der Waals surface area (Å²) in [4.78, 5) is 2.26. The van der Waals surface area contributed by atoms with E-state index in [9.17, 15) is 0 Å². The Kier molecular flexibility index (Phi) is 3.06. The Labute approximate surface area is 74.4 Å². The van der Waals surface area contributed by atoms with Crippen molar-refractivity contribution in [3.8, 4) is 0 Å². The molecule has 1 nitrogen and oxygen atoms in total. The average Bonchev–Trinajstić information content (AvgIpc) is 2.42. The lowest BCUT2D eigenvalue weighted by atomic mass is 10.1. The molecule has 0 spiro atoms. The molecule has 0 N–H and O–H groups in total. The Hall–Kier alpha value is -1.08. The van der Waals surface area contributed by atoms with Crippen LogP contribution in [0.3, 0.4) is 0 Å². The fourth-order valence-corrected chi connectivity index (χ4v) is 1.38. The zero-order valence-electron chi connectivity index (χ0n) is 7.59. The summed E-state index contributed by atoms with van der Waals surface area (Å²) in [7, 11) is 2.11. The molecule has 0 unspecified atom stereocenters. The van der Waals surface area contributed by atoms with Gasteiger partial charge in [-0.1, -0.05) is 37.5 Å². The normalized spacial score (nSPS) is 19.1. The molecule has 0 atom stereocenters. The van der Waals surface area contributed by atoms with E-state index in [1.54, 1.807) is 6.08 Å². The van der Waals surface area contributed by atoms with E-state index >= 15 is 0 Å². The lowest BCUT2D eigenvalue weighted by molar-refractivity contribution is 0.428. The fraction of sp³-hybridized carbons (Fsp3) is 0.273. The van der Waals surface area contributed by atoms with Crippen LogP contribution < -0.4 is 0 Å². The molecule has 0 aliphatic carbocycles. The van der Waals surface area contributed by atoms with Crippen molar-refractivity contribution in [2.75, 3.05) is 20.1 Å². The first-order valence-electron chi connectivity index (χ1n) is 4.10. The average molecular weight is 161 g/mol. The molecular weight excluding hydrogens is 146 g/mol. The van der Waals surface area contributed by atoms with Gasteiger partial charge in [0.05, 0.1) is 0 Å². The lowest BCUT2D eigenvalue weighted by Gasteiger charge is -2.04. The van der Waals surface area contributed by atoms with Crippen molar-refractivity contribution >= 4 is 0 Å². The van der Waals surface area contributed by atoms with Crippen LogP contribution in [-0.4, -0.2) is 25.0 Å². The van der Waals surface area contributed by atoms with E-state index in [-0.39, 0.29) is 0 Å². The summed E-state index contributed by atoms with van der Waals surface area (Å²) < 4.78 is 0. The third-order valence-electron chi connectivity index (χ3n) is 1.97. The van der Waals surface area contributed by atoms with Crippen LogP contribution in [0.5, 0.6) is 0 Å². The predicted octanol–water partition coefficient (Wildman–Crippen LogP) is 2.16. The minimum absolute atomic E-state index is 1.01. The molecule has 0 amide bonds. The second-order valence-corrected chi connectivity index (χ2v) is 3.02. The molecular formula is C11H15N. The largest absolute Gasteiger partial charge is 0.298 e. The standard InChI is InChI=1S/C11H15N/c1-4-6-7-11-9-12(3)8-10(11)5-2/h4-7H,1-2,8-9H2,3H3/b7-6-. The molecule has 1 aliphatic heterocycles. The topological polar surface area (TPSA) is 3.24 Å². The van der Waals surface area contributed by atoms with Gasteiger partial charge in [0.2, 0.25) is 0 Å². The van der Waals surface area contributed by atoms with Crippen molar-refractivity contribution in [3.05, 3.63) is 48.6 Å². The first-order chi connectivity index (χ1) is 5.77. The molecule has 0 fully saturated rings. The monoisotopic (exact) mass is 161 g/mol. The second-order valence-electron chi connectivity index (χ2n) is 3.02. The van der Waals surface area contributed by atoms with Gasteiger partial charge < -0.3 is 0 Å². The summed E-state index contributed by atoms with van der Waals surface area (Å²) in [6.07, 6.45) is 7.81. The van der Waals surface area contributed by atoms with Gasteiger partial charge in [-0.25, -0.2) is 0 Å². The highest BCUT2D eigenvalue weighted by atomic mass is 15.1. The summed E-state index contributed by atoms with van der Waals surface area (Å²) in [5.41, 5.74) is 2.68. The molecule has 0 aromatic carbocycles. The summed E-state index contributed by atoms with van der Waals surface area (Å²) in [6.45, 7) is 9.47. The summed E-state index contributed by atoms with van der Waals surface area (Å²) in [5, 5.41) is 0. The quantitative estimate of drug-likeness (QED) is 0.573. The van der Waals surface area contributed by atoms with Crippen molar-refractivity contribution in [1.29, 1.82) is 0 Å². The number of hydrogen-bond acceptors (Lipinski definition) is 1. The molecule has 0 radical (unpaired) electrons. The van der Waals surface area contributed by atoms with Crippen LogP contribution in [0.2, 0.25) is 0 Å². The highest BCUT2D eigenvalue weighted by molar-refractivity contribution is 5.38. The highest BCUT2D eigenvalue weighted by Crippen LogP contribution is 2.17. The minimum atomic E-state index is 1.01. The molecule has 1 aliphatic rings. The molecule has 1 heteroatoms. The predicted molar refractivity (Wildman–Crippen MR) is 54.1 cm³/mol. The zero-order chi connectivity index (χ0) is 8.97. The first-order valence-corrected chi connectivity index (χ1v) is 4.10. The molecule has 1 heterocycles. The maximum Gasteiger partial charge on any atom is 0.0237 e. The third-order valence-corrected chi connectivity index (χ3v) is 1.97. The van der Waals surface area contributed by atoms with Gasteiger partial charge in [0.1, 0.15) is 0 Å². The summed E-state index contributed by atoms with van der Waals surface area (Å²) in [5.74, 6) is 0. The van der Waals surface area contributed by atoms with Gasteiger partial charge in [-0.05, 0) is 18.2 Å². The zero-order valence-corrected chi connectivity index (χ0v) is 7.59. The SMILES string of the molecule is C=C/C=C\C1=C(C=C)CN(C)C1. The molecule has 0 aromatic heterocycles. The van der Waals surface area contributed by atoms with E-state index in [4.69, 9.17) is 0 Å². The first kappa shape index (κ1) is 9.01. The Morgan fingerprint density at radius 1 is 1.25 bits per heavy atom. The van der Waals surface area contributed by atoms with Crippen molar-refractivity contribution in [2.45, 2.75) is 0 Å². The van der Waals surface area contributed by atoms with Crippen LogP contribution in [0.25, 0.3) is 0 Å². The number of hydrogen-bond donors (Lipinski definition) is 0. The number of likely N-dealkylation sites (N-methyl/N-ethyl adjacent to an activating group) is 1. The van der Waals surface area contributed by atoms with Crippen LogP contribution >= 0.6 is 0 Å². The molecule has 1 rings (SSSR count). The Morgan fingerprint density at radius 2 is 1.92 bits per heavy atom. The third kappa shape index (κ3) is 1.95. The Balaban J connectivity index is 2.77. The van der Waals surface area contributed by atoms with E-state index in [1.807, 2.05) is 12.2 Å². The van der Waals surface area contributed by atoms with E-state index in [1.165, 1.54) is 11.1 Å². The maximum absolute atomic E-state index is 3.79. The van der Waals surface area contributed by atoms with Crippen LogP contribution in [0, 0.1) is 0 Å².